The third kappa shape index (κ3) is 4.37. The first-order valence-corrected chi connectivity index (χ1v) is 10.2. The number of terminal acetylenes is 1. The van der Waals surface area contributed by atoms with Crippen LogP contribution in [0, 0.1) is 19.3 Å². The van der Waals surface area contributed by atoms with Crippen molar-refractivity contribution < 1.29 is 19.1 Å². The maximum Gasteiger partial charge on any atom is 0.350 e. The van der Waals surface area contributed by atoms with Crippen LogP contribution in [0.1, 0.15) is 34.8 Å². The van der Waals surface area contributed by atoms with E-state index in [-0.39, 0.29) is 19.1 Å². The second-order valence-electron chi connectivity index (χ2n) is 6.17. The van der Waals surface area contributed by atoms with Gasteiger partial charge in [0, 0.05) is 0 Å². The number of carbonyl (C=O) groups excluding carboxylic acids is 2. The first-order chi connectivity index (χ1) is 14.3. The molecule has 1 aromatic carbocycles. The monoisotopic (exact) mass is 443 g/mol. The van der Waals surface area contributed by atoms with Gasteiger partial charge in [-0.25, -0.2) is 9.78 Å². The summed E-state index contributed by atoms with van der Waals surface area (Å²) in [7, 11) is 0. The van der Waals surface area contributed by atoms with Crippen molar-refractivity contribution in [3.63, 3.8) is 0 Å². The number of aromatic nitrogens is 1. The molecule has 0 atom stereocenters. The smallest absolute Gasteiger partial charge is 0.350 e. The van der Waals surface area contributed by atoms with Gasteiger partial charge in [0.05, 0.1) is 28.6 Å². The highest BCUT2D eigenvalue weighted by Gasteiger charge is 2.32. The fourth-order valence-electron chi connectivity index (χ4n) is 2.68. The third-order valence-electron chi connectivity index (χ3n) is 4.07. The van der Waals surface area contributed by atoms with Crippen molar-refractivity contribution in [3.05, 3.63) is 44.9 Å². The van der Waals surface area contributed by atoms with E-state index in [1.54, 1.807) is 45.0 Å². The molecule has 2 heterocycles. The van der Waals surface area contributed by atoms with E-state index < -0.39 is 5.97 Å². The number of hydrogen-bond donors (Lipinski definition) is 0. The van der Waals surface area contributed by atoms with E-state index in [9.17, 15) is 9.59 Å². The summed E-state index contributed by atoms with van der Waals surface area (Å²) in [6, 6.07) is 5.13. The molecule has 0 aliphatic carbocycles. The van der Waals surface area contributed by atoms with Crippen LogP contribution >= 0.6 is 22.9 Å². The number of carbonyl (C=O) groups is 2. The molecule has 0 saturated heterocycles. The standard InChI is InChI=1S/C21H18ClN3O4S/c1-5-9-29-17-8-7-14(11-16(17)22)10-15-12(3)24-25(19(15)26)21-23-13(4)18(30-21)20(27)28-6-2/h1,7-8,10-11H,6,9H2,2-4H3. The Hall–Kier alpha value is -3.15. The van der Waals surface area contributed by atoms with Gasteiger partial charge in [0.1, 0.15) is 17.2 Å². The number of nitrogens with zero attached hydrogens (tertiary/aromatic N) is 3. The van der Waals surface area contributed by atoms with Crippen LogP contribution in [-0.2, 0) is 9.53 Å². The van der Waals surface area contributed by atoms with Gasteiger partial charge in [-0.2, -0.15) is 10.1 Å². The number of esters is 1. The summed E-state index contributed by atoms with van der Waals surface area (Å²) in [4.78, 5) is 29.6. The lowest BCUT2D eigenvalue weighted by molar-refractivity contribution is -0.114. The minimum absolute atomic E-state index is 0.111. The van der Waals surface area contributed by atoms with Gasteiger partial charge in [0.2, 0.25) is 5.13 Å². The zero-order valence-corrected chi connectivity index (χ0v) is 18.1. The van der Waals surface area contributed by atoms with Crippen molar-refractivity contribution >= 4 is 51.7 Å². The van der Waals surface area contributed by atoms with Gasteiger partial charge in [-0.15, -0.1) is 6.42 Å². The molecule has 0 spiro atoms. The lowest BCUT2D eigenvalue weighted by Gasteiger charge is -2.07. The zero-order chi connectivity index (χ0) is 21.8. The van der Waals surface area contributed by atoms with Gasteiger partial charge in [0.15, 0.2) is 0 Å². The molecular formula is C21H18ClN3O4S. The molecule has 0 bridgehead atoms. The Morgan fingerprint density at radius 1 is 1.40 bits per heavy atom. The molecule has 3 rings (SSSR count). The molecule has 7 nitrogen and oxygen atoms in total. The molecule has 30 heavy (non-hydrogen) atoms. The molecule has 1 aliphatic rings. The van der Waals surface area contributed by atoms with Crippen LogP contribution in [0.25, 0.3) is 6.08 Å². The number of halogens is 1. The summed E-state index contributed by atoms with van der Waals surface area (Å²) >= 11 is 7.29. The third-order valence-corrected chi connectivity index (χ3v) is 5.48. The number of anilines is 1. The second-order valence-corrected chi connectivity index (χ2v) is 7.56. The van der Waals surface area contributed by atoms with E-state index in [1.807, 2.05) is 0 Å². The Morgan fingerprint density at radius 3 is 2.83 bits per heavy atom. The van der Waals surface area contributed by atoms with E-state index in [1.165, 1.54) is 5.01 Å². The molecule has 0 unspecified atom stereocenters. The van der Waals surface area contributed by atoms with Crippen molar-refractivity contribution in [2.45, 2.75) is 20.8 Å². The van der Waals surface area contributed by atoms with Crippen LogP contribution in [0.4, 0.5) is 5.13 Å². The number of thiazole rings is 1. The minimum Gasteiger partial charge on any atom is -0.479 e. The maximum absolute atomic E-state index is 12.9. The van der Waals surface area contributed by atoms with Crippen LogP contribution in [0.5, 0.6) is 5.75 Å². The Kier molecular flexibility index (Phi) is 6.55. The van der Waals surface area contributed by atoms with Crippen LogP contribution < -0.4 is 9.75 Å². The van der Waals surface area contributed by atoms with Crippen molar-refractivity contribution in [1.29, 1.82) is 0 Å². The molecule has 1 amide bonds. The summed E-state index contributed by atoms with van der Waals surface area (Å²) in [6.45, 7) is 5.51. The number of rotatable bonds is 6. The summed E-state index contributed by atoms with van der Waals surface area (Å²) in [5.74, 6) is 2.02. The van der Waals surface area contributed by atoms with Crippen molar-refractivity contribution in [2.24, 2.45) is 5.10 Å². The van der Waals surface area contributed by atoms with Gasteiger partial charge in [0.25, 0.3) is 5.91 Å². The highest BCUT2D eigenvalue weighted by atomic mass is 35.5. The quantitative estimate of drug-likeness (QED) is 0.381. The minimum atomic E-state index is -0.469. The summed E-state index contributed by atoms with van der Waals surface area (Å²) in [5, 5.41) is 6.18. The highest BCUT2D eigenvalue weighted by Crippen LogP contribution is 2.32. The molecule has 154 valence electrons. The molecule has 0 radical (unpaired) electrons. The fraction of sp³-hybridized carbons (Fsp3) is 0.238. The molecule has 9 heteroatoms. The first kappa shape index (κ1) is 21.6. The maximum atomic E-state index is 12.9. The van der Waals surface area contributed by atoms with E-state index in [2.05, 4.69) is 16.0 Å². The molecule has 1 aliphatic heterocycles. The molecular weight excluding hydrogens is 426 g/mol. The van der Waals surface area contributed by atoms with Gasteiger partial charge in [-0.3, -0.25) is 4.79 Å². The Bertz CT molecular complexity index is 1110. The Morgan fingerprint density at radius 2 is 2.17 bits per heavy atom. The Labute approximate surface area is 183 Å². The predicted octanol–water partition coefficient (Wildman–Crippen LogP) is 4.10. The molecule has 0 saturated carbocycles. The van der Waals surface area contributed by atoms with Crippen LogP contribution in [0.3, 0.4) is 0 Å². The van der Waals surface area contributed by atoms with Gasteiger partial charge in [-0.1, -0.05) is 34.9 Å². The molecule has 1 aromatic heterocycles. The van der Waals surface area contributed by atoms with E-state index >= 15 is 0 Å². The summed E-state index contributed by atoms with van der Waals surface area (Å²) in [5.41, 5.74) is 2.11. The largest absolute Gasteiger partial charge is 0.479 e. The summed E-state index contributed by atoms with van der Waals surface area (Å²) < 4.78 is 10.4. The normalized spacial score (nSPS) is 14.6. The number of aryl methyl sites for hydroxylation is 1. The summed E-state index contributed by atoms with van der Waals surface area (Å²) in [6.07, 6.45) is 6.87. The molecule has 0 N–H and O–H groups in total. The van der Waals surface area contributed by atoms with Crippen molar-refractivity contribution in [1.82, 2.24) is 4.98 Å². The number of ether oxygens (including phenoxy) is 2. The number of benzene rings is 1. The van der Waals surface area contributed by atoms with E-state index in [0.717, 1.165) is 11.3 Å². The molecule has 0 fully saturated rings. The zero-order valence-electron chi connectivity index (χ0n) is 16.6. The van der Waals surface area contributed by atoms with E-state index in [4.69, 9.17) is 27.5 Å². The fourth-order valence-corrected chi connectivity index (χ4v) is 3.84. The second kappa shape index (κ2) is 9.11. The van der Waals surface area contributed by atoms with E-state index in [0.29, 0.717) is 43.3 Å². The van der Waals surface area contributed by atoms with Crippen LogP contribution in [0.2, 0.25) is 5.02 Å². The van der Waals surface area contributed by atoms with Crippen LogP contribution in [0.15, 0.2) is 28.9 Å². The molecule has 2 aromatic rings. The number of hydrazone groups is 1. The lowest BCUT2D eigenvalue weighted by Crippen LogP contribution is -2.21. The number of hydrogen-bond acceptors (Lipinski definition) is 7. The average Bonchev–Trinajstić information content (AvgIpc) is 3.22. The van der Waals surface area contributed by atoms with Crippen molar-refractivity contribution in [2.75, 3.05) is 18.2 Å². The Balaban J connectivity index is 1.86. The van der Waals surface area contributed by atoms with Gasteiger partial charge >= 0.3 is 5.97 Å². The van der Waals surface area contributed by atoms with Gasteiger partial charge in [-0.05, 0) is 44.5 Å². The van der Waals surface area contributed by atoms with Crippen LogP contribution in [-0.4, -0.2) is 35.8 Å². The lowest BCUT2D eigenvalue weighted by atomic mass is 10.1. The predicted molar refractivity (Wildman–Crippen MR) is 117 cm³/mol. The first-order valence-electron chi connectivity index (χ1n) is 8.97. The highest BCUT2D eigenvalue weighted by molar-refractivity contribution is 7.17. The average molecular weight is 444 g/mol. The topological polar surface area (TPSA) is 81.1 Å². The van der Waals surface area contributed by atoms with Crippen molar-refractivity contribution in [3.8, 4) is 18.1 Å². The number of amides is 1. The SMILES string of the molecule is C#CCOc1ccc(C=C2C(=O)N(c3nc(C)c(C(=O)OCC)s3)N=C2C)cc1Cl. The van der Waals surface area contributed by atoms with Gasteiger partial charge < -0.3 is 9.47 Å².